The minimum atomic E-state index is -4.49. The molecule has 0 aromatic heterocycles. The van der Waals surface area contributed by atoms with Gasteiger partial charge in [-0.2, -0.15) is 13.2 Å². The summed E-state index contributed by atoms with van der Waals surface area (Å²) < 4.78 is 44.3. The predicted molar refractivity (Wildman–Crippen MR) is 93.1 cm³/mol. The average molecular weight is 387 g/mol. The highest BCUT2D eigenvalue weighted by Gasteiger charge is 2.35. The quantitative estimate of drug-likeness (QED) is 0.828. The Hall–Kier alpha value is -2.45. The molecule has 2 N–H and O–H groups in total. The Balaban J connectivity index is 1.99. The van der Waals surface area contributed by atoms with Crippen LogP contribution in [0, 0.1) is 0 Å². The van der Waals surface area contributed by atoms with Gasteiger partial charge < -0.3 is 20.3 Å². The van der Waals surface area contributed by atoms with E-state index in [2.05, 4.69) is 10.6 Å². The number of alkyl halides is 3. The maximum Gasteiger partial charge on any atom is 0.416 e. The molecule has 6 nitrogen and oxygen atoms in total. The highest BCUT2D eigenvalue weighted by atomic mass is 19.4. The number of hydrogen-bond acceptors (Lipinski definition) is 3. The van der Waals surface area contributed by atoms with Crippen LogP contribution in [0.4, 0.5) is 22.8 Å². The third-order valence-corrected chi connectivity index (χ3v) is 4.38. The monoisotopic (exact) mass is 387 g/mol. The summed E-state index contributed by atoms with van der Waals surface area (Å²) in [7, 11) is 0. The van der Waals surface area contributed by atoms with Crippen LogP contribution in [-0.4, -0.2) is 42.8 Å². The van der Waals surface area contributed by atoms with Crippen molar-refractivity contribution in [2.24, 2.45) is 0 Å². The second kappa shape index (κ2) is 8.96. The average Bonchev–Trinajstić information content (AvgIpc) is 2.61. The van der Waals surface area contributed by atoms with Crippen LogP contribution in [0.3, 0.4) is 0 Å². The summed E-state index contributed by atoms with van der Waals surface area (Å²) in [5, 5.41) is 5.31. The maximum atomic E-state index is 13.2. The maximum absolute atomic E-state index is 13.2. The molecule has 1 saturated heterocycles. The van der Waals surface area contributed by atoms with E-state index in [1.165, 1.54) is 30.0 Å². The number of likely N-dealkylation sites (tertiary alicyclic amines) is 1. The molecular weight excluding hydrogens is 363 g/mol. The Kier molecular flexibility index (Phi) is 6.92. The Morgan fingerprint density at radius 2 is 2.04 bits per heavy atom. The van der Waals surface area contributed by atoms with E-state index >= 15 is 0 Å². The predicted octanol–water partition coefficient (Wildman–Crippen LogP) is 3.69. The van der Waals surface area contributed by atoms with Gasteiger partial charge in [-0.3, -0.25) is 0 Å². The number of rotatable bonds is 4. The lowest BCUT2D eigenvalue weighted by molar-refractivity contribution is -0.138. The topological polar surface area (TPSA) is 70.7 Å². The lowest BCUT2D eigenvalue weighted by Crippen LogP contribution is -2.52. The van der Waals surface area contributed by atoms with Crippen LogP contribution >= 0.6 is 0 Å². The molecule has 9 heteroatoms. The summed E-state index contributed by atoms with van der Waals surface area (Å²) in [5.41, 5.74) is -0.755. The fourth-order valence-corrected chi connectivity index (χ4v) is 3.11. The van der Waals surface area contributed by atoms with E-state index in [0.717, 1.165) is 6.07 Å². The van der Waals surface area contributed by atoms with Crippen LogP contribution in [0.1, 0.15) is 43.9 Å². The SMILES string of the molecule is CCOC(=O)N[C@@H]1CCCN(C(=O)N[C@H](C)c2ccccc2C(F)(F)F)C1. The molecule has 0 aliphatic carbocycles. The zero-order valence-electron chi connectivity index (χ0n) is 15.3. The summed E-state index contributed by atoms with van der Waals surface area (Å²) in [5.74, 6) is 0. The van der Waals surface area contributed by atoms with E-state index in [0.29, 0.717) is 19.4 Å². The van der Waals surface area contributed by atoms with Crippen LogP contribution in [0.5, 0.6) is 0 Å². The van der Waals surface area contributed by atoms with Crippen molar-refractivity contribution >= 4 is 12.1 Å². The lowest BCUT2D eigenvalue weighted by atomic mass is 10.0. The summed E-state index contributed by atoms with van der Waals surface area (Å²) in [6.45, 7) is 4.21. The first-order valence-corrected chi connectivity index (χ1v) is 8.87. The first-order chi connectivity index (χ1) is 12.7. The number of halogens is 3. The molecule has 2 rings (SSSR count). The van der Waals surface area contributed by atoms with Crippen LogP contribution < -0.4 is 10.6 Å². The van der Waals surface area contributed by atoms with Crippen molar-refractivity contribution < 1.29 is 27.5 Å². The van der Waals surface area contributed by atoms with E-state index in [1.807, 2.05) is 0 Å². The van der Waals surface area contributed by atoms with Gasteiger partial charge in [0.25, 0.3) is 0 Å². The van der Waals surface area contributed by atoms with Gasteiger partial charge in [0.2, 0.25) is 0 Å². The highest BCUT2D eigenvalue weighted by Crippen LogP contribution is 2.34. The number of urea groups is 1. The molecule has 0 radical (unpaired) electrons. The number of nitrogens with one attached hydrogen (secondary N) is 2. The van der Waals surface area contributed by atoms with Gasteiger partial charge in [0, 0.05) is 19.1 Å². The van der Waals surface area contributed by atoms with Crippen LogP contribution in [0.25, 0.3) is 0 Å². The Morgan fingerprint density at radius 1 is 1.33 bits per heavy atom. The van der Waals surface area contributed by atoms with Crippen molar-refractivity contribution in [1.82, 2.24) is 15.5 Å². The molecular formula is C18H24F3N3O3. The summed E-state index contributed by atoms with van der Waals surface area (Å²) in [6, 6.07) is 3.66. The fraction of sp³-hybridized carbons (Fsp3) is 0.556. The molecule has 1 aromatic carbocycles. The van der Waals surface area contributed by atoms with Gasteiger partial charge in [0.1, 0.15) is 0 Å². The molecule has 0 spiro atoms. The Labute approximate surface area is 156 Å². The number of carbonyl (C=O) groups is 2. The number of hydrogen-bond donors (Lipinski definition) is 2. The van der Waals surface area contributed by atoms with E-state index in [1.54, 1.807) is 6.92 Å². The number of carbonyl (C=O) groups excluding carboxylic acids is 2. The number of piperidine rings is 1. The molecule has 150 valence electrons. The van der Waals surface area contributed by atoms with Crippen LogP contribution in [0.15, 0.2) is 24.3 Å². The number of amides is 3. The minimum Gasteiger partial charge on any atom is -0.450 e. The number of ether oxygens (including phenoxy) is 1. The third-order valence-electron chi connectivity index (χ3n) is 4.38. The third kappa shape index (κ3) is 5.77. The smallest absolute Gasteiger partial charge is 0.416 e. The number of nitrogens with zero attached hydrogens (tertiary/aromatic N) is 1. The van der Waals surface area contributed by atoms with E-state index in [4.69, 9.17) is 4.74 Å². The molecule has 1 aromatic rings. The van der Waals surface area contributed by atoms with Crippen molar-refractivity contribution in [2.75, 3.05) is 19.7 Å². The number of benzene rings is 1. The summed E-state index contributed by atoms with van der Waals surface area (Å²) in [4.78, 5) is 25.5. The van der Waals surface area contributed by atoms with Crippen molar-refractivity contribution in [1.29, 1.82) is 0 Å². The van der Waals surface area contributed by atoms with Gasteiger partial charge in [0.15, 0.2) is 0 Å². The van der Waals surface area contributed by atoms with Gasteiger partial charge in [0.05, 0.1) is 18.2 Å². The molecule has 2 atom stereocenters. The van der Waals surface area contributed by atoms with Crippen molar-refractivity contribution in [3.8, 4) is 0 Å². The van der Waals surface area contributed by atoms with Gasteiger partial charge >= 0.3 is 18.3 Å². The highest BCUT2D eigenvalue weighted by molar-refractivity contribution is 5.75. The van der Waals surface area contributed by atoms with Gasteiger partial charge in [-0.1, -0.05) is 18.2 Å². The minimum absolute atomic E-state index is 0.0107. The lowest BCUT2D eigenvalue weighted by Gasteiger charge is -2.34. The standard InChI is InChI=1S/C18H24F3N3O3/c1-3-27-17(26)23-13-7-6-10-24(11-13)16(25)22-12(2)14-8-4-5-9-15(14)18(19,20)21/h4-5,8-9,12-13H,3,6-7,10-11H2,1-2H3,(H,22,25)(H,23,26)/t12-,13-/m1/s1. The molecule has 0 bridgehead atoms. The molecule has 1 aliphatic rings. The van der Waals surface area contributed by atoms with Gasteiger partial charge in [-0.15, -0.1) is 0 Å². The first kappa shape index (κ1) is 20.9. The zero-order valence-corrected chi connectivity index (χ0v) is 15.3. The van der Waals surface area contributed by atoms with Crippen molar-refractivity contribution in [3.63, 3.8) is 0 Å². The van der Waals surface area contributed by atoms with Gasteiger partial charge in [-0.25, -0.2) is 9.59 Å². The molecule has 1 fully saturated rings. The first-order valence-electron chi connectivity index (χ1n) is 8.87. The second-order valence-corrected chi connectivity index (χ2v) is 6.41. The largest absolute Gasteiger partial charge is 0.450 e. The Bertz CT molecular complexity index is 667. The molecule has 3 amide bonds. The molecule has 1 aliphatic heterocycles. The van der Waals surface area contributed by atoms with Crippen molar-refractivity contribution in [3.05, 3.63) is 35.4 Å². The van der Waals surface area contributed by atoms with E-state index in [-0.39, 0.29) is 24.8 Å². The summed E-state index contributed by atoms with van der Waals surface area (Å²) >= 11 is 0. The summed E-state index contributed by atoms with van der Waals surface area (Å²) in [6.07, 6.45) is -3.65. The fourth-order valence-electron chi connectivity index (χ4n) is 3.11. The van der Waals surface area contributed by atoms with Crippen LogP contribution in [-0.2, 0) is 10.9 Å². The molecule has 0 saturated carbocycles. The van der Waals surface area contributed by atoms with E-state index < -0.39 is 29.9 Å². The Morgan fingerprint density at radius 3 is 2.70 bits per heavy atom. The normalized spacial score (nSPS) is 18.6. The zero-order chi connectivity index (χ0) is 20.0. The van der Waals surface area contributed by atoms with Crippen molar-refractivity contribution in [2.45, 2.75) is 44.9 Å². The molecule has 27 heavy (non-hydrogen) atoms. The van der Waals surface area contributed by atoms with E-state index in [9.17, 15) is 22.8 Å². The van der Waals surface area contributed by atoms with Gasteiger partial charge in [-0.05, 0) is 38.3 Å². The second-order valence-electron chi connectivity index (χ2n) is 6.41. The number of alkyl carbamates (subject to hydrolysis) is 1. The molecule has 1 heterocycles. The van der Waals surface area contributed by atoms with Crippen LogP contribution in [0.2, 0.25) is 0 Å². The molecule has 0 unspecified atom stereocenters.